The minimum absolute atomic E-state index is 0.0320. The van der Waals surface area contributed by atoms with E-state index in [2.05, 4.69) is 20.6 Å². The minimum atomic E-state index is -0.933. The van der Waals surface area contributed by atoms with Crippen molar-refractivity contribution in [2.45, 2.75) is 31.7 Å². The summed E-state index contributed by atoms with van der Waals surface area (Å²) in [6.45, 7) is 1.78. The predicted molar refractivity (Wildman–Crippen MR) is 109 cm³/mol. The number of carbonyl (C=O) groups excluding carboxylic acids is 1. The van der Waals surface area contributed by atoms with Crippen molar-refractivity contribution >= 4 is 39.7 Å². The highest BCUT2D eigenvalue weighted by Gasteiger charge is 2.34. The Bertz CT molecular complexity index is 1040. The molecule has 2 unspecified atom stereocenters. The summed E-state index contributed by atoms with van der Waals surface area (Å²) >= 11 is 7.18. The van der Waals surface area contributed by atoms with Gasteiger partial charge in [-0.1, -0.05) is 23.7 Å². The Labute approximate surface area is 175 Å². The quantitative estimate of drug-likeness (QED) is 0.542. The van der Waals surface area contributed by atoms with Crippen molar-refractivity contribution in [2.24, 2.45) is 0 Å². The molecule has 1 saturated carbocycles. The Balaban J connectivity index is 1.44. The summed E-state index contributed by atoms with van der Waals surface area (Å²) < 4.78 is 26.5. The molecule has 4 rings (SSSR count). The molecule has 1 aliphatic rings. The predicted octanol–water partition coefficient (Wildman–Crippen LogP) is 5.20. The summed E-state index contributed by atoms with van der Waals surface area (Å²) in [6.07, 6.45) is 1.89. The second-order valence-corrected chi connectivity index (χ2v) is 8.51. The summed E-state index contributed by atoms with van der Waals surface area (Å²) in [5.41, 5.74) is 1.62. The van der Waals surface area contributed by atoms with Crippen LogP contribution in [0.3, 0.4) is 0 Å². The number of thiazole rings is 1. The van der Waals surface area contributed by atoms with Crippen LogP contribution in [0.1, 0.15) is 39.7 Å². The summed E-state index contributed by atoms with van der Waals surface area (Å²) in [5.74, 6) is -1.88. The van der Waals surface area contributed by atoms with E-state index in [0.29, 0.717) is 20.7 Å². The lowest BCUT2D eigenvalue weighted by molar-refractivity contribution is 0.0900. The second-order valence-electron chi connectivity index (χ2n) is 6.87. The zero-order chi connectivity index (χ0) is 20.5. The number of aromatic nitrogens is 2. The van der Waals surface area contributed by atoms with E-state index in [-0.39, 0.29) is 23.6 Å². The molecule has 5 nitrogen and oxygen atoms in total. The number of rotatable bonds is 5. The van der Waals surface area contributed by atoms with Gasteiger partial charge in [0.15, 0.2) is 5.13 Å². The molecule has 2 N–H and O–H groups in total. The molecule has 0 bridgehead atoms. The number of aryl methyl sites for hydroxylation is 1. The van der Waals surface area contributed by atoms with Crippen molar-refractivity contribution in [3.63, 3.8) is 0 Å². The van der Waals surface area contributed by atoms with Crippen LogP contribution < -0.4 is 10.6 Å². The number of nitrogens with one attached hydrogen (secondary N) is 2. The molecule has 0 radical (unpaired) electrons. The monoisotopic (exact) mass is 434 g/mol. The Morgan fingerprint density at radius 1 is 1.14 bits per heavy atom. The number of hydrogen-bond donors (Lipinski definition) is 2. The van der Waals surface area contributed by atoms with Gasteiger partial charge in [-0.15, -0.1) is 11.3 Å². The third-order valence-electron chi connectivity index (χ3n) is 4.91. The van der Waals surface area contributed by atoms with E-state index >= 15 is 0 Å². The van der Waals surface area contributed by atoms with Gasteiger partial charge in [0.05, 0.1) is 0 Å². The summed E-state index contributed by atoms with van der Waals surface area (Å²) in [4.78, 5) is 20.8. The van der Waals surface area contributed by atoms with E-state index in [1.807, 2.05) is 24.3 Å². The largest absolute Gasteiger partial charge is 0.347 e. The third kappa shape index (κ3) is 4.38. The standard InChI is InChI=1S/C20H17ClF2N4OS/c1-10-18(27-20(29-10)24-13-8-16(22)26-17(23)9-13)19(28)25-15-7-6-14(15)11-2-4-12(21)5-3-11/h2-5,8-9,14-15H,6-7H2,1H3,(H,25,28)(H,24,26,27). The first-order chi connectivity index (χ1) is 13.9. The SMILES string of the molecule is Cc1sc(Nc2cc(F)nc(F)c2)nc1C(=O)NC1CCC1c1ccc(Cl)cc1. The molecule has 1 fully saturated rings. The number of benzene rings is 1. The van der Waals surface area contributed by atoms with Gasteiger partial charge in [-0.05, 0) is 37.5 Å². The van der Waals surface area contributed by atoms with E-state index in [4.69, 9.17) is 11.6 Å². The van der Waals surface area contributed by atoms with Gasteiger partial charge in [0.25, 0.3) is 5.91 Å². The lowest BCUT2D eigenvalue weighted by Gasteiger charge is -2.37. The van der Waals surface area contributed by atoms with Crippen molar-refractivity contribution in [2.75, 3.05) is 5.32 Å². The molecule has 1 aromatic carbocycles. The van der Waals surface area contributed by atoms with Crippen molar-refractivity contribution in [1.82, 2.24) is 15.3 Å². The van der Waals surface area contributed by atoms with Crippen LogP contribution in [-0.2, 0) is 0 Å². The maximum atomic E-state index is 13.3. The average Bonchev–Trinajstić information content (AvgIpc) is 3.00. The maximum Gasteiger partial charge on any atom is 0.271 e. The number of halogens is 3. The molecule has 1 aliphatic carbocycles. The Kier molecular flexibility index (Phi) is 5.47. The zero-order valence-corrected chi connectivity index (χ0v) is 17.0. The first-order valence-corrected chi connectivity index (χ1v) is 10.2. The molecule has 2 heterocycles. The van der Waals surface area contributed by atoms with E-state index < -0.39 is 11.9 Å². The van der Waals surface area contributed by atoms with Gasteiger partial charge < -0.3 is 10.6 Å². The number of hydrogen-bond acceptors (Lipinski definition) is 5. The number of pyridine rings is 1. The maximum absolute atomic E-state index is 13.3. The fourth-order valence-corrected chi connectivity index (χ4v) is 4.30. The molecule has 2 aromatic heterocycles. The first kappa shape index (κ1) is 19.7. The second kappa shape index (κ2) is 8.04. The first-order valence-electron chi connectivity index (χ1n) is 9.03. The van der Waals surface area contributed by atoms with Crippen molar-refractivity contribution < 1.29 is 13.6 Å². The van der Waals surface area contributed by atoms with Crippen molar-refractivity contribution in [1.29, 1.82) is 0 Å². The van der Waals surface area contributed by atoms with Gasteiger partial charge in [0.2, 0.25) is 11.9 Å². The molecule has 0 saturated heterocycles. The molecule has 9 heteroatoms. The van der Waals surface area contributed by atoms with E-state index in [9.17, 15) is 13.6 Å². The van der Waals surface area contributed by atoms with Crippen LogP contribution in [0, 0.1) is 18.8 Å². The van der Waals surface area contributed by atoms with Gasteiger partial charge in [-0.2, -0.15) is 13.8 Å². The minimum Gasteiger partial charge on any atom is -0.347 e. The summed E-state index contributed by atoms with van der Waals surface area (Å²) in [7, 11) is 0. The molecule has 29 heavy (non-hydrogen) atoms. The highest BCUT2D eigenvalue weighted by Crippen LogP contribution is 2.37. The number of carbonyl (C=O) groups is 1. The van der Waals surface area contributed by atoms with E-state index in [1.54, 1.807) is 6.92 Å². The van der Waals surface area contributed by atoms with Crippen LogP contribution in [0.15, 0.2) is 36.4 Å². The number of anilines is 2. The molecule has 0 aliphatic heterocycles. The Hall–Kier alpha value is -2.58. The smallest absolute Gasteiger partial charge is 0.271 e. The molecule has 3 aromatic rings. The Morgan fingerprint density at radius 3 is 2.45 bits per heavy atom. The molecular weight excluding hydrogens is 418 g/mol. The molecule has 2 atom stereocenters. The van der Waals surface area contributed by atoms with Crippen LogP contribution >= 0.6 is 22.9 Å². The van der Waals surface area contributed by atoms with Crippen molar-refractivity contribution in [3.8, 4) is 0 Å². The lowest BCUT2D eigenvalue weighted by atomic mass is 9.75. The van der Waals surface area contributed by atoms with Crippen LogP contribution in [0.25, 0.3) is 0 Å². The van der Waals surface area contributed by atoms with Gasteiger partial charge in [0, 0.05) is 39.7 Å². The van der Waals surface area contributed by atoms with Crippen LogP contribution in [-0.4, -0.2) is 21.9 Å². The number of nitrogens with zero attached hydrogens (tertiary/aromatic N) is 2. The van der Waals surface area contributed by atoms with Gasteiger partial charge in [0.1, 0.15) is 5.69 Å². The average molecular weight is 435 g/mol. The van der Waals surface area contributed by atoms with Crippen LogP contribution in [0.2, 0.25) is 5.02 Å². The topological polar surface area (TPSA) is 66.9 Å². The zero-order valence-electron chi connectivity index (χ0n) is 15.4. The fourth-order valence-electron chi connectivity index (χ4n) is 3.34. The Morgan fingerprint density at radius 2 is 1.83 bits per heavy atom. The van der Waals surface area contributed by atoms with Gasteiger partial charge >= 0.3 is 0 Å². The van der Waals surface area contributed by atoms with Crippen molar-refractivity contribution in [3.05, 3.63) is 69.5 Å². The van der Waals surface area contributed by atoms with Gasteiger partial charge in [-0.3, -0.25) is 4.79 Å². The van der Waals surface area contributed by atoms with Gasteiger partial charge in [-0.25, -0.2) is 4.98 Å². The highest BCUT2D eigenvalue weighted by atomic mass is 35.5. The fraction of sp³-hybridized carbons (Fsp3) is 0.250. The third-order valence-corrected chi connectivity index (χ3v) is 6.05. The summed E-state index contributed by atoms with van der Waals surface area (Å²) in [6, 6.07) is 9.81. The van der Waals surface area contributed by atoms with E-state index in [0.717, 1.165) is 30.5 Å². The summed E-state index contributed by atoms with van der Waals surface area (Å²) in [5, 5.41) is 6.92. The van der Waals surface area contributed by atoms with Crippen LogP contribution in [0.5, 0.6) is 0 Å². The highest BCUT2D eigenvalue weighted by molar-refractivity contribution is 7.15. The molecule has 150 valence electrons. The lowest BCUT2D eigenvalue weighted by Crippen LogP contribution is -2.45. The molecule has 0 spiro atoms. The molecular formula is C20H17ClF2N4OS. The number of amides is 1. The molecule has 1 amide bonds. The van der Waals surface area contributed by atoms with E-state index in [1.165, 1.54) is 11.3 Å². The van der Waals surface area contributed by atoms with Crippen LogP contribution in [0.4, 0.5) is 19.6 Å². The normalized spacial score (nSPS) is 18.2.